The highest BCUT2D eigenvalue weighted by molar-refractivity contribution is 9.10. The number of nitrogens with two attached hydrogens (primary N) is 1. The Morgan fingerprint density at radius 3 is 2.45 bits per heavy atom. The number of anilines is 1. The summed E-state index contributed by atoms with van der Waals surface area (Å²) in [6.45, 7) is 0. The Balaban J connectivity index is 2.00. The third kappa shape index (κ3) is 3.94. The summed E-state index contributed by atoms with van der Waals surface area (Å²) in [5, 5.41) is 0.554. The number of hydrogen-bond acceptors (Lipinski definition) is 6. The van der Waals surface area contributed by atoms with Crippen LogP contribution in [0.5, 0.6) is 0 Å². The van der Waals surface area contributed by atoms with E-state index in [0.29, 0.717) is 21.5 Å². The zero-order valence-corrected chi connectivity index (χ0v) is 13.6. The number of aromatic nitrogens is 2. The molecule has 0 atom stereocenters. The maximum Gasteiger partial charge on any atom is 0.179 e. The van der Waals surface area contributed by atoms with Gasteiger partial charge in [-0.15, -0.1) is 11.8 Å². The molecule has 0 radical (unpaired) electrons. The number of nitrogens with zero attached hydrogens (tertiary/aromatic N) is 2. The number of benzene rings is 1. The molecule has 0 bridgehead atoms. The van der Waals surface area contributed by atoms with Crippen LogP contribution in [0.3, 0.4) is 0 Å². The molecule has 1 aromatic carbocycles. The van der Waals surface area contributed by atoms with E-state index in [4.69, 9.17) is 5.73 Å². The fraction of sp³-hybridized carbons (Fsp3) is 0.167. The lowest BCUT2D eigenvalue weighted by molar-refractivity contribution is 0.597. The average molecular weight is 374 g/mol. The highest BCUT2D eigenvalue weighted by Gasteiger charge is 2.14. The minimum absolute atomic E-state index is 0.0231. The quantitative estimate of drug-likeness (QED) is 0.809. The summed E-state index contributed by atoms with van der Waals surface area (Å²) in [6.07, 6.45) is 3.03. The fourth-order valence-corrected chi connectivity index (χ4v) is 4.25. The zero-order valence-electron chi connectivity index (χ0n) is 10.4. The number of nitrogen functional groups attached to an aromatic ring is 1. The van der Waals surface area contributed by atoms with Crippen LogP contribution in [-0.2, 0) is 9.84 Å². The second-order valence-corrected chi connectivity index (χ2v) is 7.98. The van der Waals surface area contributed by atoms with Crippen molar-refractivity contribution in [1.82, 2.24) is 9.97 Å². The number of halogens is 1. The van der Waals surface area contributed by atoms with Crippen LogP contribution in [-0.4, -0.2) is 29.9 Å². The molecule has 0 fully saturated rings. The van der Waals surface area contributed by atoms with Gasteiger partial charge in [0.1, 0.15) is 5.03 Å². The van der Waals surface area contributed by atoms with E-state index in [0.717, 1.165) is 4.47 Å². The molecule has 1 aromatic heterocycles. The van der Waals surface area contributed by atoms with Gasteiger partial charge in [-0.25, -0.2) is 18.4 Å². The van der Waals surface area contributed by atoms with Gasteiger partial charge in [-0.05, 0) is 24.3 Å². The molecule has 20 heavy (non-hydrogen) atoms. The molecule has 0 unspecified atom stereocenters. The summed E-state index contributed by atoms with van der Waals surface area (Å²) in [7, 11) is -3.29. The minimum atomic E-state index is -3.29. The van der Waals surface area contributed by atoms with Gasteiger partial charge in [0, 0.05) is 22.6 Å². The van der Waals surface area contributed by atoms with E-state index in [9.17, 15) is 8.42 Å². The van der Waals surface area contributed by atoms with Crippen molar-refractivity contribution in [2.24, 2.45) is 0 Å². The Labute approximate surface area is 130 Å². The van der Waals surface area contributed by atoms with Gasteiger partial charge in [0.15, 0.2) is 15.7 Å². The monoisotopic (exact) mass is 373 g/mol. The number of sulfone groups is 1. The van der Waals surface area contributed by atoms with Gasteiger partial charge in [0.25, 0.3) is 0 Å². The highest BCUT2D eigenvalue weighted by Crippen LogP contribution is 2.22. The van der Waals surface area contributed by atoms with Crippen molar-refractivity contribution >= 4 is 43.3 Å². The lowest BCUT2D eigenvalue weighted by Crippen LogP contribution is -2.09. The molecule has 0 aliphatic heterocycles. The van der Waals surface area contributed by atoms with Crippen LogP contribution in [0, 0.1) is 0 Å². The molecule has 0 saturated carbocycles. The molecule has 0 aliphatic carbocycles. The summed E-state index contributed by atoms with van der Waals surface area (Å²) in [5.74, 6) is 0.718. The minimum Gasteiger partial charge on any atom is -0.381 e. The summed E-state index contributed by atoms with van der Waals surface area (Å²) in [4.78, 5) is 8.27. The van der Waals surface area contributed by atoms with Crippen LogP contribution in [0.2, 0.25) is 0 Å². The zero-order chi connectivity index (χ0) is 14.6. The molecule has 2 N–H and O–H groups in total. The SMILES string of the molecule is Nc1nccnc1SCCS(=O)(=O)c1ccc(Br)cc1. The smallest absolute Gasteiger partial charge is 0.179 e. The number of thioether (sulfide) groups is 1. The van der Waals surface area contributed by atoms with Gasteiger partial charge in [-0.1, -0.05) is 15.9 Å². The van der Waals surface area contributed by atoms with Gasteiger partial charge >= 0.3 is 0 Å². The van der Waals surface area contributed by atoms with Crippen molar-refractivity contribution in [2.75, 3.05) is 17.2 Å². The van der Waals surface area contributed by atoms with Crippen LogP contribution in [0.15, 0.2) is 51.1 Å². The second-order valence-electron chi connectivity index (χ2n) is 3.87. The molecule has 0 saturated heterocycles. The molecule has 0 spiro atoms. The van der Waals surface area contributed by atoms with Crippen LogP contribution in [0.25, 0.3) is 0 Å². The first kappa shape index (κ1) is 15.3. The van der Waals surface area contributed by atoms with E-state index in [1.165, 1.54) is 24.2 Å². The van der Waals surface area contributed by atoms with E-state index in [1.807, 2.05) is 0 Å². The normalized spacial score (nSPS) is 11.4. The van der Waals surface area contributed by atoms with E-state index in [2.05, 4.69) is 25.9 Å². The molecule has 1 heterocycles. The second kappa shape index (κ2) is 6.55. The van der Waals surface area contributed by atoms with Gasteiger partial charge in [-0.2, -0.15) is 0 Å². The number of rotatable bonds is 5. The van der Waals surface area contributed by atoms with E-state index < -0.39 is 9.84 Å². The molecule has 8 heteroatoms. The Bertz CT molecular complexity index is 690. The van der Waals surface area contributed by atoms with Crippen molar-refractivity contribution < 1.29 is 8.42 Å². The van der Waals surface area contributed by atoms with Crippen LogP contribution in [0.4, 0.5) is 5.82 Å². The summed E-state index contributed by atoms with van der Waals surface area (Å²) < 4.78 is 25.1. The topological polar surface area (TPSA) is 85.9 Å². The molecule has 5 nitrogen and oxygen atoms in total. The van der Waals surface area contributed by atoms with Crippen LogP contribution in [0.1, 0.15) is 0 Å². The predicted octanol–water partition coefficient (Wildman–Crippen LogP) is 2.39. The lowest BCUT2D eigenvalue weighted by atomic mass is 10.4. The third-order valence-electron chi connectivity index (χ3n) is 2.45. The largest absolute Gasteiger partial charge is 0.381 e. The molecular formula is C12H12BrN3O2S2. The maximum absolute atomic E-state index is 12.1. The van der Waals surface area contributed by atoms with Crippen LogP contribution < -0.4 is 5.73 Å². The predicted molar refractivity (Wildman–Crippen MR) is 83.4 cm³/mol. The van der Waals surface area contributed by atoms with Crippen molar-refractivity contribution in [2.45, 2.75) is 9.92 Å². The molecule has 2 aromatic rings. The number of hydrogen-bond donors (Lipinski definition) is 1. The van der Waals surface area contributed by atoms with Gasteiger partial charge in [-0.3, -0.25) is 0 Å². The standard InChI is InChI=1S/C12H12BrN3O2S2/c13-9-1-3-10(4-2-9)20(17,18)8-7-19-12-11(14)15-5-6-16-12/h1-6H,7-8H2,(H2,14,15). The summed E-state index contributed by atoms with van der Waals surface area (Å²) >= 11 is 4.56. The molecule has 0 aliphatic rings. The highest BCUT2D eigenvalue weighted by atomic mass is 79.9. The first-order valence-corrected chi connectivity index (χ1v) is 9.10. The summed E-state index contributed by atoms with van der Waals surface area (Å²) in [5.41, 5.74) is 5.65. The van der Waals surface area contributed by atoms with Crippen molar-refractivity contribution in [3.05, 3.63) is 41.1 Å². The molecular weight excluding hydrogens is 362 g/mol. The Hall–Kier alpha value is -1.12. The van der Waals surface area contributed by atoms with Crippen LogP contribution >= 0.6 is 27.7 Å². The van der Waals surface area contributed by atoms with E-state index in [1.54, 1.807) is 24.3 Å². The molecule has 2 rings (SSSR count). The maximum atomic E-state index is 12.1. The first-order chi connectivity index (χ1) is 9.49. The van der Waals surface area contributed by atoms with Crippen molar-refractivity contribution in [1.29, 1.82) is 0 Å². The van der Waals surface area contributed by atoms with E-state index in [-0.39, 0.29) is 5.75 Å². The van der Waals surface area contributed by atoms with Gasteiger partial charge in [0.2, 0.25) is 0 Å². The lowest BCUT2D eigenvalue weighted by Gasteiger charge is -2.05. The third-order valence-corrected chi connectivity index (χ3v) is 5.97. The molecule has 0 amide bonds. The Morgan fingerprint density at radius 1 is 1.15 bits per heavy atom. The van der Waals surface area contributed by atoms with Crippen molar-refractivity contribution in [3.63, 3.8) is 0 Å². The van der Waals surface area contributed by atoms with Gasteiger partial charge < -0.3 is 5.73 Å². The summed E-state index contributed by atoms with van der Waals surface area (Å²) in [6, 6.07) is 6.59. The van der Waals surface area contributed by atoms with E-state index >= 15 is 0 Å². The first-order valence-electron chi connectivity index (χ1n) is 5.66. The van der Waals surface area contributed by atoms with Crippen molar-refractivity contribution in [3.8, 4) is 0 Å². The van der Waals surface area contributed by atoms with Gasteiger partial charge in [0.05, 0.1) is 10.6 Å². The Morgan fingerprint density at radius 2 is 1.80 bits per heavy atom. The molecule has 106 valence electrons. The fourth-order valence-electron chi connectivity index (χ4n) is 1.46. The Kier molecular flexibility index (Phi) is 5.00. The average Bonchev–Trinajstić information content (AvgIpc) is 2.41.